The number of rotatable bonds is 7. The average molecular weight is 443 g/mol. The van der Waals surface area contributed by atoms with Crippen molar-refractivity contribution in [2.45, 2.75) is 96.1 Å². The van der Waals surface area contributed by atoms with Gasteiger partial charge in [0.2, 0.25) is 0 Å². The van der Waals surface area contributed by atoms with E-state index >= 15 is 0 Å². The molecule has 0 heterocycles. The SMILES string of the molecule is CCC/C=C/CC[C@H]1CC[C@H]([C@H]2CC[C@H](c3cc(F)c(C(F)(F)F)c(F)c3)CC2)CC1. The van der Waals surface area contributed by atoms with Crippen LogP contribution in [0.5, 0.6) is 0 Å². The second kappa shape index (κ2) is 11.0. The molecule has 2 fully saturated rings. The van der Waals surface area contributed by atoms with Crippen molar-refractivity contribution in [3.05, 3.63) is 47.0 Å². The minimum atomic E-state index is -5.00. The lowest BCUT2D eigenvalue weighted by atomic mass is 9.68. The van der Waals surface area contributed by atoms with E-state index in [-0.39, 0.29) is 5.92 Å². The molecular weight excluding hydrogens is 407 g/mol. The highest BCUT2D eigenvalue weighted by atomic mass is 19.4. The van der Waals surface area contributed by atoms with Gasteiger partial charge in [0.15, 0.2) is 0 Å². The van der Waals surface area contributed by atoms with Crippen molar-refractivity contribution in [1.29, 1.82) is 0 Å². The van der Waals surface area contributed by atoms with Gasteiger partial charge < -0.3 is 0 Å². The first-order chi connectivity index (χ1) is 14.8. The van der Waals surface area contributed by atoms with Crippen LogP contribution in [-0.2, 0) is 6.18 Å². The summed E-state index contributed by atoms with van der Waals surface area (Å²) in [6.45, 7) is 2.19. The molecule has 0 bridgehead atoms. The lowest BCUT2D eigenvalue weighted by Gasteiger charge is -2.38. The average Bonchev–Trinajstić information content (AvgIpc) is 2.73. The van der Waals surface area contributed by atoms with E-state index in [0.29, 0.717) is 11.5 Å². The number of allylic oxidation sites excluding steroid dienone is 2. The summed E-state index contributed by atoms with van der Waals surface area (Å²) in [4.78, 5) is 0. The summed E-state index contributed by atoms with van der Waals surface area (Å²) in [6.07, 6.45) is 13.2. The molecule has 0 amide bonds. The molecule has 0 N–H and O–H groups in total. The fourth-order valence-electron chi connectivity index (χ4n) is 5.71. The number of benzene rings is 1. The zero-order valence-corrected chi connectivity index (χ0v) is 18.5. The zero-order valence-electron chi connectivity index (χ0n) is 18.5. The standard InChI is InChI=1S/C26H35F5/c1-2-3-4-5-6-7-18-8-10-19(11-9-18)20-12-14-21(15-13-20)22-16-23(27)25(24(28)17-22)26(29,30)31/h4-5,16-21H,2-3,6-15H2,1H3/b5-4+/t18-,19-,20-,21-. The number of hydrogen-bond acceptors (Lipinski definition) is 0. The Morgan fingerprint density at radius 2 is 1.32 bits per heavy atom. The van der Waals surface area contributed by atoms with Crippen LogP contribution in [0.25, 0.3) is 0 Å². The second-order valence-electron chi connectivity index (χ2n) is 9.59. The van der Waals surface area contributed by atoms with Gasteiger partial charge in [0.05, 0.1) is 0 Å². The van der Waals surface area contributed by atoms with Crippen LogP contribution >= 0.6 is 0 Å². The van der Waals surface area contributed by atoms with Gasteiger partial charge in [-0.25, -0.2) is 8.78 Å². The molecule has 2 aliphatic rings. The van der Waals surface area contributed by atoms with Crippen LogP contribution in [0.15, 0.2) is 24.3 Å². The van der Waals surface area contributed by atoms with Crippen molar-refractivity contribution in [2.24, 2.45) is 17.8 Å². The Balaban J connectivity index is 1.46. The molecule has 0 atom stereocenters. The summed E-state index contributed by atoms with van der Waals surface area (Å²) in [7, 11) is 0. The molecule has 5 heteroatoms. The molecule has 1 aromatic carbocycles. The van der Waals surface area contributed by atoms with E-state index in [1.165, 1.54) is 51.4 Å². The second-order valence-corrected chi connectivity index (χ2v) is 9.59. The molecule has 0 saturated heterocycles. The fourth-order valence-corrected chi connectivity index (χ4v) is 5.71. The van der Waals surface area contributed by atoms with Crippen LogP contribution in [0.3, 0.4) is 0 Å². The Bertz CT molecular complexity index is 697. The molecule has 2 aliphatic carbocycles. The van der Waals surface area contributed by atoms with Gasteiger partial charge in [0, 0.05) is 0 Å². The first kappa shape index (κ1) is 24.3. The number of alkyl halides is 3. The summed E-state index contributed by atoms with van der Waals surface area (Å²) in [6, 6.07) is 1.80. The van der Waals surface area contributed by atoms with Crippen LogP contribution < -0.4 is 0 Å². The maximum absolute atomic E-state index is 14.0. The lowest BCUT2D eigenvalue weighted by molar-refractivity contribution is -0.142. The van der Waals surface area contributed by atoms with Crippen molar-refractivity contribution in [2.75, 3.05) is 0 Å². The van der Waals surface area contributed by atoms with Gasteiger partial charge in [-0.15, -0.1) is 0 Å². The highest BCUT2D eigenvalue weighted by molar-refractivity contribution is 5.30. The predicted molar refractivity (Wildman–Crippen MR) is 115 cm³/mol. The van der Waals surface area contributed by atoms with Gasteiger partial charge in [0.25, 0.3) is 0 Å². The van der Waals surface area contributed by atoms with Crippen molar-refractivity contribution < 1.29 is 22.0 Å². The van der Waals surface area contributed by atoms with Crippen LogP contribution in [0.1, 0.15) is 101 Å². The monoisotopic (exact) mass is 442 g/mol. The third kappa shape index (κ3) is 6.55. The van der Waals surface area contributed by atoms with E-state index < -0.39 is 23.4 Å². The van der Waals surface area contributed by atoms with E-state index in [4.69, 9.17) is 0 Å². The van der Waals surface area contributed by atoms with Crippen LogP contribution in [0.2, 0.25) is 0 Å². The van der Waals surface area contributed by atoms with Gasteiger partial charge in [-0.1, -0.05) is 38.3 Å². The lowest BCUT2D eigenvalue weighted by Crippen LogP contribution is -2.25. The normalized spacial score (nSPS) is 27.7. The maximum Gasteiger partial charge on any atom is 0.422 e. The summed E-state index contributed by atoms with van der Waals surface area (Å²) in [5, 5.41) is 0. The van der Waals surface area contributed by atoms with Crippen LogP contribution in [-0.4, -0.2) is 0 Å². The van der Waals surface area contributed by atoms with Crippen LogP contribution in [0.4, 0.5) is 22.0 Å². The zero-order chi connectivity index (χ0) is 22.4. The highest BCUT2D eigenvalue weighted by Crippen LogP contribution is 2.45. The van der Waals surface area contributed by atoms with E-state index in [0.717, 1.165) is 49.7 Å². The van der Waals surface area contributed by atoms with E-state index in [9.17, 15) is 22.0 Å². The number of unbranched alkanes of at least 4 members (excludes halogenated alkanes) is 1. The van der Waals surface area contributed by atoms with Gasteiger partial charge in [-0.05, 0) is 99.2 Å². The number of hydrogen-bond donors (Lipinski definition) is 0. The molecule has 0 unspecified atom stereocenters. The molecule has 0 radical (unpaired) electrons. The van der Waals surface area contributed by atoms with Crippen molar-refractivity contribution >= 4 is 0 Å². The molecule has 1 aromatic rings. The third-order valence-corrected chi connectivity index (χ3v) is 7.51. The van der Waals surface area contributed by atoms with E-state index in [1.54, 1.807) is 0 Å². The minimum absolute atomic E-state index is 0.0474. The van der Waals surface area contributed by atoms with E-state index in [2.05, 4.69) is 19.1 Å². The highest BCUT2D eigenvalue weighted by Gasteiger charge is 2.39. The van der Waals surface area contributed by atoms with Crippen molar-refractivity contribution in [3.63, 3.8) is 0 Å². The van der Waals surface area contributed by atoms with Gasteiger partial charge in [-0.2, -0.15) is 13.2 Å². The fraction of sp³-hybridized carbons (Fsp3) is 0.692. The first-order valence-corrected chi connectivity index (χ1v) is 12.0. The van der Waals surface area contributed by atoms with Gasteiger partial charge in [0.1, 0.15) is 17.2 Å². The van der Waals surface area contributed by atoms with Crippen molar-refractivity contribution in [1.82, 2.24) is 0 Å². The molecule has 0 spiro atoms. The van der Waals surface area contributed by atoms with E-state index in [1.807, 2.05) is 0 Å². The predicted octanol–water partition coefficient (Wildman–Crippen LogP) is 9.20. The molecule has 0 nitrogen and oxygen atoms in total. The molecule has 174 valence electrons. The van der Waals surface area contributed by atoms with Gasteiger partial charge in [-0.3, -0.25) is 0 Å². The van der Waals surface area contributed by atoms with Gasteiger partial charge >= 0.3 is 6.18 Å². The topological polar surface area (TPSA) is 0 Å². The molecule has 31 heavy (non-hydrogen) atoms. The Labute approximate surface area is 183 Å². The Hall–Kier alpha value is -1.39. The summed E-state index contributed by atoms with van der Waals surface area (Å²) >= 11 is 0. The minimum Gasteiger partial charge on any atom is -0.206 e. The molecule has 0 aromatic heterocycles. The molecule has 0 aliphatic heterocycles. The Morgan fingerprint density at radius 1 is 0.806 bits per heavy atom. The Kier molecular flexibility index (Phi) is 8.58. The quantitative estimate of drug-likeness (QED) is 0.292. The largest absolute Gasteiger partial charge is 0.422 e. The molecule has 3 rings (SSSR count). The molecular formula is C26H35F5. The summed E-state index contributed by atoms with van der Waals surface area (Å²) in [5.74, 6) is -0.828. The number of halogens is 5. The van der Waals surface area contributed by atoms with Crippen LogP contribution in [0, 0.1) is 29.4 Å². The third-order valence-electron chi connectivity index (χ3n) is 7.51. The smallest absolute Gasteiger partial charge is 0.206 e. The summed E-state index contributed by atoms with van der Waals surface area (Å²) in [5.41, 5.74) is -1.40. The first-order valence-electron chi connectivity index (χ1n) is 12.0. The van der Waals surface area contributed by atoms with Crippen molar-refractivity contribution in [3.8, 4) is 0 Å². The maximum atomic E-state index is 14.0. The molecule has 2 saturated carbocycles. The Morgan fingerprint density at radius 3 is 1.84 bits per heavy atom. The summed E-state index contributed by atoms with van der Waals surface area (Å²) < 4.78 is 66.3.